The number of anilines is 1. The Bertz CT molecular complexity index is 835. The van der Waals surface area contributed by atoms with Gasteiger partial charge in [0.05, 0.1) is 23.6 Å². The highest BCUT2D eigenvalue weighted by Gasteiger charge is 2.68. The van der Waals surface area contributed by atoms with E-state index in [-0.39, 0.29) is 18.4 Å². The van der Waals surface area contributed by atoms with E-state index in [2.05, 4.69) is 15.9 Å². The standard InChI is InChI=1S/C18H16BrNO5/c1-9-7-11(3-4-12(9)19)20-16(22)14-13-5-6-18(25-13,8-24-10(2)21)15(14)17(20)23/h3-7,13-15H,8H2,1-2H3. The third-order valence-corrected chi connectivity index (χ3v) is 5.95. The highest BCUT2D eigenvalue weighted by Crippen LogP contribution is 2.52. The van der Waals surface area contributed by atoms with Gasteiger partial charge in [-0.05, 0) is 36.8 Å². The zero-order chi connectivity index (χ0) is 17.9. The molecule has 3 aliphatic heterocycles. The summed E-state index contributed by atoms with van der Waals surface area (Å²) in [7, 11) is 0. The lowest BCUT2D eigenvalue weighted by Crippen LogP contribution is -2.44. The summed E-state index contributed by atoms with van der Waals surface area (Å²) in [4.78, 5) is 38.4. The zero-order valence-corrected chi connectivity index (χ0v) is 15.3. The van der Waals surface area contributed by atoms with Crippen LogP contribution in [0.1, 0.15) is 12.5 Å². The molecule has 1 aromatic rings. The number of amides is 2. The molecule has 0 saturated carbocycles. The quantitative estimate of drug-likeness (QED) is 0.437. The summed E-state index contributed by atoms with van der Waals surface area (Å²) in [5, 5.41) is 0. The van der Waals surface area contributed by atoms with E-state index in [1.54, 1.807) is 24.3 Å². The zero-order valence-electron chi connectivity index (χ0n) is 13.7. The third-order valence-electron chi connectivity index (χ3n) is 5.06. The Labute approximate surface area is 152 Å². The summed E-state index contributed by atoms with van der Waals surface area (Å²) in [6.07, 6.45) is 3.08. The van der Waals surface area contributed by atoms with Crippen LogP contribution in [0.5, 0.6) is 0 Å². The molecule has 3 heterocycles. The average Bonchev–Trinajstić information content (AvgIpc) is 3.20. The van der Waals surface area contributed by atoms with Crippen LogP contribution < -0.4 is 4.90 Å². The summed E-state index contributed by atoms with van der Waals surface area (Å²) in [6.45, 7) is 3.14. The molecule has 2 bridgehead atoms. The lowest BCUT2D eigenvalue weighted by molar-refractivity contribution is -0.150. The molecule has 0 aromatic heterocycles. The van der Waals surface area contributed by atoms with E-state index in [0.717, 1.165) is 10.0 Å². The van der Waals surface area contributed by atoms with E-state index >= 15 is 0 Å². The largest absolute Gasteiger partial charge is 0.462 e. The first kappa shape index (κ1) is 16.5. The first-order valence-corrected chi connectivity index (χ1v) is 8.78. The maximum absolute atomic E-state index is 13.1. The Balaban J connectivity index is 1.70. The van der Waals surface area contributed by atoms with Gasteiger partial charge in [-0.1, -0.05) is 22.0 Å². The molecule has 25 heavy (non-hydrogen) atoms. The molecule has 2 saturated heterocycles. The Morgan fingerprint density at radius 2 is 2.12 bits per heavy atom. The molecule has 0 N–H and O–H groups in total. The molecular weight excluding hydrogens is 390 g/mol. The number of aryl methyl sites for hydroxylation is 1. The molecule has 7 heteroatoms. The molecule has 3 aliphatic rings. The SMILES string of the molecule is CC(=O)OCC12C=CC(O1)C1C(=O)N(c3ccc(Br)c(C)c3)C(=O)C12. The second kappa shape index (κ2) is 5.51. The first-order chi connectivity index (χ1) is 11.8. The molecule has 0 radical (unpaired) electrons. The van der Waals surface area contributed by atoms with E-state index in [0.29, 0.717) is 5.69 Å². The van der Waals surface area contributed by atoms with Gasteiger partial charge in [-0.25, -0.2) is 4.90 Å². The van der Waals surface area contributed by atoms with Gasteiger partial charge in [-0.3, -0.25) is 14.4 Å². The fourth-order valence-corrected chi connectivity index (χ4v) is 4.15. The van der Waals surface area contributed by atoms with Crippen LogP contribution in [0.15, 0.2) is 34.8 Å². The van der Waals surface area contributed by atoms with Gasteiger partial charge >= 0.3 is 5.97 Å². The minimum atomic E-state index is -1.05. The van der Waals surface area contributed by atoms with Crippen molar-refractivity contribution < 1.29 is 23.9 Å². The van der Waals surface area contributed by atoms with Crippen molar-refractivity contribution in [1.82, 2.24) is 0 Å². The van der Waals surface area contributed by atoms with Crippen LogP contribution in [0.25, 0.3) is 0 Å². The second-order valence-electron chi connectivity index (χ2n) is 6.63. The number of fused-ring (bicyclic) bond motifs is 5. The summed E-state index contributed by atoms with van der Waals surface area (Å²) in [6, 6.07) is 5.36. The molecule has 4 rings (SSSR count). The van der Waals surface area contributed by atoms with Gasteiger partial charge in [0.25, 0.3) is 0 Å². The van der Waals surface area contributed by atoms with E-state index in [4.69, 9.17) is 9.47 Å². The number of esters is 1. The van der Waals surface area contributed by atoms with Crippen LogP contribution in [0.4, 0.5) is 5.69 Å². The molecule has 1 aromatic carbocycles. The van der Waals surface area contributed by atoms with Gasteiger partial charge in [0.15, 0.2) is 0 Å². The van der Waals surface area contributed by atoms with Gasteiger partial charge in [0, 0.05) is 11.4 Å². The molecule has 130 valence electrons. The molecule has 0 spiro atoms. The van der Waals surface area contributed by atoms with Gasteiger partial charge in [0.2, 0.25) is 11.8 Å². The Morgan fingerprint density at radius 3 is 2.80 bits per heavy atom. The average molecular weight is 406 g/mol. The van der Waals surface area contributed by atoms with Gasteiger partial charge in [0.1, 0.15) is 12.2 Å². The van der Waals surface area contributed by atoms with E-state index in [1.807, 2.05) is 13.0 Å². The third kappa shape index (κ3) is 2.29. The van der Waals surface area contributed by atoms with Crippen LogP contribution in [-0.2, 0) is 23.9 Å². The number of ether oxygens (including phenoxy) is 2. The summed E-state index contributed by atoms with van der Waals surface area (Å²) >= 11 is 3.42. The topological polar surface area (TPSA) is 72.9 Å². The maximum atomic E-state index is 13.1. The molecule has 2 fully saturated rings. The van der Waals surface area contributed by atoms with Crippen molar-refractivity contribution in [3.63, 3.8) is 0 Å². The van der Waals surface area contributed by atoms with Crippen molar-refractivity contribution in [1.29, 1.82) is 0 Å². The molecule has 6 nitrogen and oxygen atoms in total. The molecule has 4 atom stereocenters. The number of rotatable bonds is 3. The van der Waals surface area contributed by atoms with Crippen molar-refractivity contribution in [3.8, 4) is 0 Å². The lowest BCUT2D eigenvalue weighted by Gasteiger charge is -2.28. The predicted molar refractivity (Wildman–Crippen MR) is 91.7 cm³/mol. The fraction of sp³-hybridized carbons (Fsp3) is 0.389. The van der Waals surface area contributed by atoms with Gasteiger partial charge in [-0.15, -0.1) is 0 Å². The molecular formula is C18H16BrNO5. The second-order valence-corrected chi connectivity index (χ2v) is 7.48. The number of nitrogens with zero attached hydrogens (tertiary/aromatic N) is 1. The van der Waals surface area contributed by atoms with Crippen molar-refractivity contribution in [2.24, 2.45) is 11.8 Å². The number of imide groups is 1. The smallest absolute Gasteiger partial charge is 0.302 e. The first-order valence-electron chi connectivity index (χ1n) is 7.98. The molecule has 0 aliphatic carbocycles. The van der Waals surface area contributed by atoms with Gasteiger partial charge in [-0.2, -0.15) is 0 Å². The monoisotopic (exact) mass is 405 g/mol. The number of halogens is 1. The van der Waals surface area contributed by atoms with Crippen molar-refractivity contribution in [3.05, 3.63) is 40.4 Å². The maximum Gasteiger partial charge on any atom is 0.302 e. The van der Waals surface area contributed by atoms with E-state index in [1.165, 1.54) is 11.8 Å². The molecule has 2 amide bonds. The highest BCUT2D eigenvalue weighted by atomic mass is 79.9. The number of carbonyl (C=O) groups excluding carboxylic acids is 3. The van der Waals surface area contributed by atoms with E-state index in [9.17, 15) is 14.4 Å². The summed E-state index contributed by atoms with van der Waals surface area (Å²) < 4.78 is 11.9. The van der Waals surface area contributed by atoms with Crippen molar-refractivity contribution in [2.45, 2.75) is 25.6 Å². The van der Waals surface area contributed by atoms with Crippen LogP contribution >= 0.6 is 15.9 Å². The minimum absolute atomic E-state index is 0.0667. The van der Waals surface area contributed by atoms with Crippen molar-refractivity contribution >= 4 is 39.4 Å². The van der Waals surface area contributed by atoms with Crippen LogP contribution in [-0.4, -0.2) is 36.1 Å². The van der Waals surface area contributed by atoms with Crippen molar-refractivity contribution in [2.75, 3.05) is 11.5 Å². The number of benzene rings is 1. The minimum Gasteiger partial charge on any atom is -0.462 e. The molecule has 4 unspecified atom stereocenters. The number of hydrogen-bond acceptors (Lipinski definition) is 5. The fourth-order valence-electron chi connectivity index (χ4n) is 3.90. The van der Waals surface area contributed by atoms with Crippen LogP contribution in [0.2, 0.25) is 0 Å². The Hall–Kier alpha value is -1.99. The normalized spacial score (nSPS) is 32.4. The number of hydrogen-bond donors (Lipinski definition) is 0. The van der Waals surface area contributed by atoms with Crippen LogP contribution in [0, 0.1) is 18.8 Å². The number of carbonyl (C=O) groups is 3. The summed E-state index contributed by atoms with van der Waals surface area (Å²) in [5.74, 6) is -2.27. The van der Waals surface area contributed by atoms with Crippen LogP contribution in [0.3, 0.4) is 0 Å². The predicted octanol–water partition coefficient (Wildman–Crippen LogP) is 2.13. The summed E-state index contributed by atoms with van der Waals surface area (Å²) in [5.41, 5.74) is 0.432. The van der Waals surface area contributed by atoms with E-state index < -0.39 is 29.5 Å². The highest BCUT2D eigenvalue weighted by molar-refractivity contribution is 9.10. The Kier molecular flexibility index (Phi) is 3.63. The van der Waals surface area contributed by atoms with Gasteiger partial charge < -0.3 is 9.47 Å². The lowest BCUT2D eigenvalue weighted by atomic mass is 9.77. The Morgan fingerprint density at radius 1 is 1.36 bits per heavy atom.